The maximum absolute atomic E-state index is 14.6. The van der Waals surface area contributed by atoms with Crippen LogP contribution >= 0.6 is 0 Å². The SMILES string of the molecule is O=C(NCCCCc1ccccc1)c1cc(-c2cc(C(=O)NC(C(=O)O)C3CCCCC3)nc(C(=O)N3CCCC3CN3CCCC3)c2)cc(C(=O)N2CCCC2CN2CCCC2)n1. The van der Waals surface area contributed by atoms with Crippen molar-refractivity contribution in [3.8, 4) is 11.1 Å². The first-order valence-electron chi connectivity index (χ1n) is 24.2. The molecule has 0 bridgehead atoms. The smallest absolute Gasteiger partial charge is 0.326 e. The molecule has 8 rings (SSSR count). The summed E-state index contributed by atoms with van der Waals surface area (Å²) in [6, 6.07) is 15.6. The molecule has 4 aliphatic heterocycles. The van der Waals surface area contributed by atoms with E-state index in [1.165, 1.54) is 5.56 Å². The Morgan fingerprint density at radius 2 is 1.11 bits per heavy atom. The monoisotopic (exact) mass is 875 g/mol. The number of rotatable bonds is 17. The molecule has 342 valence electrons. The normalized spacial score (nSPS) is 21.3. The summed E-state index contributed by atoms with van der Waals surface area (Å²) in [6.07, 6.45) is 14.8. The maximum Gasteiger partial charge on any atom is 0.326 e. The Bertz CT molecular complexity index is 2120. The number of benzene rings is 1. The molecule has 14 nitrogen and oxygen atoms in total. The van der Waals surface area contributed by atoms with Crippen LogP contribution in [0.4, 0.5) is 0 Å². The van der Waals surface area contributed by atoms with E-state index in [9.17, 15) is 29.1 Å². The first kappa shape index (κ1) is 45.4. The largest absolute Gasteiger partial charge is 0.480 e. The topological polar surface area (TPSA) is 168 Å². The molecule has 0 radical (unpaired) electrons. The van der Waals surface area contributed by atoms with Crippen LogP contribution in [0.15, 0.2) is 54.6 Å². The van der Waals surface area contributed by atoms with Crippen LogP contribution < -0.4 is 10.6 Å². The van der Waals surface area contributed by atoms with Crippen LogP contribution in [0.3, 0.4) is 0 Å². The molecule has 14 heteroatoms. The van der Waals surface area contributed by atoms with Crippen molar-refractivity contribution in [2.24, 2.45) is 5.92 Å². The lowest BCUT2D eigenvalue weighted by molar-refractivity contribution is -0.141. The number of aryl methyl sites for hydroxylation is 1. The van der Waals surface area contributed by atoms with Gasteiger partial charge in [-0.3, -0.25) is 19.2 Å². The van der Waals surface area contributed by atoms with E-state index in [0.29, 0.717) is 43.6 Å². The fourth-order valence-corrected chi connectivity index (χ4v) is 10.7. The first-order chi connectivity index (χ1) is 31.2. The van der Waals surface area contributed by atoms with Gasteiger partial charge >= 0.3 is 5.97 Å². The summed E-state index contributed by atoms with van der Waals surface area (Å²) in [5.74, 6) is -3.00. The van der Waals surface area contributed by atoms with Crippen molar-refractivity contribution in [1.82, 2.24) is 40.2 Å². The summed E-state index contributed by atoms with van der Waals surface area (Å²) >= 11 is 0. The predicted octanol–water partition coefficient (Wildman–Crippen LogP) is 6.06. The van der Waals surface area contributed by atoms with Crippen LogP contribution in [0.25, 0.3) is 11.1 Å². The van der Waals surface area contributed by atoms with Gasteiger partial charge in [0.15, 0.2) is 0 Å². The predicted molar refractivity (Wildman–Crippen MR) is 244 cm³/mol. The van der Waals surface area contributed by atoms with Gasteiger partial charge in [-0.2, -0.15) is 0 Å². The summed E-state index contributed by atoms with van der Waals surface area (Å²) in [7, 11) is 0. The van der Waals surface area contributed by atoms with Gasteiger partial charge in [0.1, 0.15) is 28.8 Å². The second kappa shape index (κ2) is 21.6. The third kappa shape index (κ3) is 11.4. The van der Waals surface area contributed by atoms with Crippen molar-refractivity contribution in [2.75, 3.05) is 58.9 Å². The van der Waals surface area contributed by atoms with E-state index < -0.39 is 23.8 Å². The Balaban J connectivity index is 1.12. The lowest BCUT2D eigenvalue weighted by Crippen LogP contribution is -2.47. The quantitative estimate of drug-likeness (QED) is 0.136. The number of carbonyl (C=O) groups is 5. The van der Waals surface area contributed by atoms with Crippen LogP contribution in [0.1, 0.15) is 144 Å². The number of carbonyl (C=O) groups excluding carboxylic acids is 4. The highest BCUT2D eigenvalue weighted by atomic mass is 16.4. The number of pyridine rings is 2. The van der Waals surface area contributed by atoms with Gasteiger partial charge in [-0.1, -0.05) is 49.6 Å². The summed E-state index contributed by atoms with van der Waals surface area (Å²) in [6.45, 7) is 7.19. The van der Waals surface area contributed by atoms with Crippen LogP contribution in [-0.4, -0.2) is 141 Å². The van der Waals surface area contributed by atoms with Gasteiger partial charge in [-0.25, -0.2) is 14.8 Å². The van der Waals surface area contributed by atoms with Gasteiger partial charge in [0.05, 0.1) is 0 Å². The molecule has 3 aromatic rings. The zero-order chi connectivity index (χ0) is 44.4. The number of nitrogens with one attached hydrogen (secondary N) is 2. The molecule has 3 unspecified atom stereocenters. The summed E-state index contributed by atoms with van der Waals surface area (Å²) in [4.78, 5) is 87.9. The number of nitrogens with zero attached hydrogens (tertiary/aromatic N) is 6. The second-order valence-electron chi connectivity index (χ2n) is 18.7. The van der Waals surface area contributed by atoms with E-state index in [2.05, 4.69) is 37.6 Å². The standard InChI is InChI=1S/C50H66N8O6/c59-46(51-22-8-7-17-35-15-3-1-4-16-35)41-29-37(31-43(52-41)48(61)57-27-13-20-39(57)33-55-23-9-10-24-55)38-30-42(47(60)54-45(50(63)64)36-18-5-2-6-19-36)53-44(32-38)49(62)58-28-14-21-40(58)34-56-25-11-12-26-56/h1,3-4,15-16,29-32,36,39-40,45H,2,5-14,17-28,33-34H2,(H,51,59)(H,54,60)(H,63,64). The Morgan fingerprint density at radius 3 is 1.64 bits per heavy atom. The molecule has 3 atom stereocenters. The summed E-state index contributed by atoms with van der Waals surface area (Å²) in [5, 5.41) is 16.1. The highest BCUT2D eigenvalue weighted by molar-refractivity contribution is 6.01. The number of aromatic nitrogens is 2. The van der Waals surface area contributed by atoms with E-state index in [-0.39, 0.29) is 52.6 Å². The van der Waals surface area contributed by atoms with Crippen molar-refractivity contribution >= 4 is 29.6 Å². The van der Waals surface area contributed by atoms with Gasteiger partial charge in [0, 0.05) is 44.8 Å². The van der Waals surface area contributed by atoms with Gasteiger partial charge < -0.3 is 35.3 Å². The minimum absolute atomic E-state index is 0.00173. The van der Waals surface area contributed by atoms with Crippen molar-refractivity contribution in [1.29, 1.82) is 0 Å². The number of likely N-dealkylation sites (tertiary alicyclic amines) is 4. The van der Waals surface area contributed by atoms with Crippen LogP contribution in [-0.2, 0) is 11.2 Å². The number of hydrogen-bond donors (Lipinski definition) is 3. The molecule has 1 saturated carbocycles. The van der Waals surface area contributed by atoms with E-state index >= 15 is 0 Å². The molecule has 4 saturated heterocycles. The van der Waals surface area contributed by atoms with Gasteiger partial charge in [0.25, 0.3) is 23.6 Å². The van der Waals surface area contributed by atoms with Crippen molar-refractivity contribution < 1.29 is 29.1 Å². The van der Waals surface area contributed by atoms with Gasteiger partial charge in [0.2, 0.25) is 0 Å². The number of aliphatic carboxylic acids is 1. The molecule has 0 spiro atoms. The average molecular weight is 875 g/mol. The van der Waals surface area contributed by atoms with E-state index in [1.54, 1.807) is 24.3 Å². The van der Waals surface area contributed by atoms with Gasteiger partial charge in [-0.05, 0) is 157 Å². The fraction of sp³-hybridized carbons (Fsp3) is 0.580. The summed E-state index contributed by atoms with van der Waals surface area (Å²) < 4.78 is 0. The summed E-state index contributed by atoms with van der Waals surface area (Å²) in [5.41, 5.74) is 2.21. The minimum atomic E-state index is -1.11. The van der Waals surface area contributed by atoms with Crippen molar-refractivity contribution in [2.45, 2.75) is 121 Å². The lowest BCUT2D eigenvalue weighted by Gasteiger charge is -2.29. The van der Waals surface area contributed by atoms with Crippen LogP contribution in [0.2, 0.25) is 0 Å². The number of hydrogen-bond acceptors (Lipinski definition) is 9. The molecule has 4 amide bonds. The highest BCUT2D eigenvalue weighted by Crippen LogP contribution is 2.30. The van der Waals surface area contributed by atoms with Crippen molar-refractivity contribution in [3.05, 3.63) is 82.9 Å². The minimum Gasteiger partial charge on any atom is -0.480 e. The Kier molecular flexibility index (Phi) is 15.3. The average Bonchev–Trinajstić information content (AvgIpc) is 4.19. The molecular weight excluding hydrogens is 809 g/mol. The zero-order valence-electron chi connectivity index (χ0n) is 37.4. The van der Waals surface area contributed by atoms with E-state index in [1.807, 2.05) is 28.0 Å². The highest BCUT2D eigenvalue weighted by Gasteiger charge is 2.36. The lowest BCUT2D eigenvalue weighted by atomic mass is 9.84. The number of amides is 4. The van der Waals surface area contributed by atoms with Crippen molar-refractivity contribution in [3.63, 3.8) is 0 Å². The molecule has 1 aliphatic carbocycles. The Morgan fingerprint density at radius 1 is 0.594 bits per heavy atom. The molecule has 6 heterocycles. The van der Waals surface area contributed by atoms with E-state index in [4.69, 9.17) is 4.98 Å². The first-order valence-corrected chi connectivity index (χ1v) is 24.2. The molecule has 5 fully saturated rings. The second-order valence-corrected chi connectivity index (χ2v) is 18.7. The number of carboxylic acids is 1. The molecular formula is C50H66N8O6. The zero-order valence-corrected chi connectivity index (χ0v) is 37.4. The molecule has 1 aromatic carbocycles. The molecule has 3 N–H and O–H groups in total. The Hall–Kier alpha value is -5.21. The molecule has 2 aromatic heterocycles. The third-order valence-corrected chi connectivity index (χ3v) is 14.2. The number of unbranched alkanes of at least 4 members (excludes halogenated alkanes) is 1. The molecule has 64 heavy (non-hydrogen) atoms. The van der Waals surface area contributed by atoms with Crippen LogP contribution in [0, 0.1) is 5.92 Å². The van der Waals surface area contributed by atoms with Crippen LogP contribution in [0.5, 0.6) is 0 Å². The third-order valence-electron chi connectivity index (χ3n) is 14.2. The molecule has 5 aliphatic rings. The van der Waals surface area contributed by atoms with Gasteiger partial charge in [-0.15, -0.1) is 0 Å². The number of carboxylic acid groups (broad SMARTS) is 1. The van der Waals surface area contributed by atoms with E-state index in [0.717, 1.165) is 129 Å². The Labute approximate surface area is 377 Å². The maximum atomic E-state index is 14.6. The fourth-order valence-electron chi connectivity index (χ4n) is 10.7.